The maximum absolute atomic E-state index is 11.7. The Balaban J connectivity index is 2.33. The summed E-state index contributed by atoms with van der Waals surface area (Å²) in [7, 11) is 0. The fourth-order valence-electron chi connectivity index (χ4n) is 2.72. The quantitative estimate of drug-likeness (QED) is 0.812. The van der Waals surface area contributed by atoms with Crippen molar-refractivity contribution < 1.29 is 9.53 Å². The highest BCUT2D eigenvalue weighted by atomic mass is 16.5. The van der Waals surface area contributed by atoms with E-state index in [0.717, 1.165) is 12.1 Å². The molecule has 0 amide bonds. The van der Waals surface area contributed by atoms with Crippen molar-refractivity contribution in [3.8, 4) is 0 Å². The normalized spacial score (nSPS) is 20.8. The highest BCUT2D eigenvalue weighted by molar-refractivity contribution is 5.90. The smallest absolute Gasteiger partial charge is 0.338 e. The second-order valence-corrected chi connectivity index (χ2v) is 5.64. The molecular weight excluding hydrogens is 226 g/mol. The lowest BCUT2D eigenvalue weighted by molar-refractivity contribution is 0.0526. The first-order valence-electron chi connectivity index (χ1n) is 6.52. The number of fused-ring (bicyclic) bond motifs is 1. The molecule has 0 aliphatic carbocycles. The molecular formula is C15H21NO2. The molecule has 2 rings (SSSR count). The van der Waals surface area contributed by atoms with Crippen LogP contribution in [0.1, 0.15) is 56.0 Å². The second-order valence-electron chi connectivity index (χ2n) is 5.64. The molecule has 0 bridgehead atoms. The summed E-state index contributed by atoms with van der Waals surface area (Å²) < 4.78 is 5.04. The van der Waals surface area contributed by atoms with E-state index in [4.69, 9.17) is 4.74 Å². The molecule has 0 unspecified atom stereocenters. The van der Waals surface area contributed by atoms with Crippen molar-refractivity contribution in [3.63, 3.8) is 0 Å². The Morgan fingerprint density at radius 1 is 1.50 bits per heavy atom. The lowest BCUT2D eigenvalue weighted by Crippen LogP contribution is -2.36. The Hall–Kier alpha value is -1.51. The number of anilines is 1. The van der Waals surface area contributed by atoms with E-state index in [-0.39, 0.29) is 11.5 Å². The Morgan fingerprint density at radius 3 is 2.89 bits per heavy atom. The SMILES string of the molecule is CCOC(=O)c1ccc2c(c1)[C@H](C)CC(C)(C)N2. The predicted molar refractivity (Wildman–Crippen MR) is 73.1 cm³/mol. The Kier molecular flexibility index (Phi) is 3.33. The van der Waals surface area contributed by atoms with E-state index in [1.807, 2.05) is 25.1 Å². The number of benzene rings is 1. The van der Waals surface area contributed by atoms with Gasteiger partial charge in [0.05, 0.1) is 12.2 Å². The minimum Gasteiger partial charge on any atom is -0.462 e. The van der Waals surface area contributed by atoms with Gasteiger partial charge in [-0.1, -0.05) is 6.92 Å². The van der Waals surface area contributed by atoms with Crippen LogP contribution >= 0.6 is 0 Å². The fourth-order valence-corrected chi connectivity index (χ4v) is 2.72. The molecule has 98 valence electrons. The molecule has 0 radical (unpaired) electrons. The highest BCUT2D eigenvalue weighted by Crippen LogP contribution is 2.38. The van der Waals surface area contributed by atoms with E-state index >= 15 is 0 Å². The average molecular weight is 247 g/mol. The Labute approximate surface area is 109 Å². The molecule has 0 spiro atoms. The maximum atomic E-state index is 11.7. The molecule has 1 heterocycles. The van der Waals surface area contributed by atoms with Crippen molar-refractivity contribution in [2.45, 2.75) is 45.6 Å². The third kappa shape index (κ3) is 2.50. The fraction of sp³-hybridized carbons (Fsp3) is 0.533. The zero-order chi connectivity index (χ0) is 13.3. The van der Waals surface area contributed by atoms with Crippen LogP contribution in [0.15, 0.2) is 18.2 Å². The standard InChI is InChI=1S/C15H21NO2/c1-5-18-14(17)11-6-7-13-12(8-11)10(2)9-15(3,4)16-13/h6-8,10,16H,5,9H2,1-4H3/t10-/m1/s1. The van der Waals surface area contributed by atoms with Gasteiger partial charge in [0.15, 0.2) is 0 Å². The zero-order valence-corrected chi connectivity index (χ0v) is 11.5. The molecule has 1 N–H and O–H groups in total. The van der Waals surface area contributed by atoms with Gasteiger partial charge in [-0.3, -0.25) is 0 Å². The van der Waals surface area contributed by atoms with E-state index < -0.39 is 0 Å². The summed E-state index contributed by atoms with van der Waals surface area (Å²) in [5, 5.41) is 3.51. The van der Waals surface area contributed by atoms with Crippen molar-refractivity contribution in [3.05, 3.63) is 29.3 Å². The molecule has 18 heavy (non-hydrogen) atoms. The number of hydrogen-bond acceptors (Lipinski definition) is 3. The van der Waals surface area contributed by atoms with Crippen LogP contribution in [0.3, 0.4) is 0 Å². The minimum atomic E-state index is -0.239. The summed E-state index contributed by atoms with van der Waals surface area (Å²) in [5.74, 6) is 0.211. The lowest BCUT2D eigenvalue weighted by atomic mass is 9.81. The van der Waals surface area contributed by atoms with Crippen LogP contribution in [0.25, 0.3) is 0 Å². The van der Waals surface area contributed by atoms with Gasteiger partial charge >= 0.3 is 5.97 Å². The van der Waals surface area contributed by atoms with Crippen LogP contribution < -0.4 is 5.32 Å². The summed E-state index contributed by atoms with van der Waals surface area (Å²) in [6.45, 7) is 8.84. The Morgan fingerprint density at radius 2 is 2.22 bits per heavy atom. The van der Waals surface area contributed by atoms with Crippen LogP contribution in [-0.2, 0) is 4.74 Å². The van der Waals surface area contributed by atoms with Crippen LogP contribution in [0.5, 0.6) is 0 Å². The Bertz CT molecular complexity index is 466. The second kappa shape index (κ2) is 4.63. The number of carbonyl (C=O) groups excluding carboxylic acids is 1. The largest absolute Gasteiger partial charge is 0.462 e. The molecule has 0 saturated carbocycles. The van der Waals surface area contributed by atoms with Crippen molar-refractivity contribution >= 4 is 11.7 Å². The molecule has 3 heteroatoms. The van der Waals surface area contributed by atoms with Crippen molar-refractivity contribution in [2.75, 3.05) is 11.9 Å². The van der Waals surface area contributed by atoms with Gasteiger partial charge in [0.25, 0.3) is 0 Å². The van der Waals surface area contributed by atoms with Crippen LogP contribution in [0, 0.1) is 0 Å². The number of carbonyl (C=O) groups is 1. The molecule has 1 aliphatic heterocycles. The lowest BCUT2D eigenvalue weighted by Gasteiger charge is -2.37. The van der Waals surface area contributed by atoms with E-state index in [0.29, 0.717) is 18.1 Å². The average Bonchev–Trinajstić information content (AvgIpc) is 2.27. The van der Waals surface area contributed by atoms with Crippen molar-refractivity contribution in [2.24, 2.45) is 0 Å². The molecule has 0 fully saturated rings. The topological polar surface area (TPSA) is 38.3 Å². The number of hydrogen-bond donors (Lipinski definition) is 1. The van der Waals surface area contributed by atoms with E-state index in [1.165, 1.54) is 5.56 Å². The summed E-state index contributed by atoms with van der Waals surface area (Å²) in [5.41, 5.74) is 3.09. The monoisotopic (exact) mass is 247 g/mol. The third-order valence-electron chi connectivity index (χ3n) is 3.38. The predicted octanol–water partition coefficient (Wildman–Crippen LogP) is 3.56. The molecule has 3 nitrogen and oxygen atoms in total. The first kappa shape index (κ1) is 12.9. The number of rotatable bonds is 2. The molecule has 1 aromatic carbocycles. The van der Waals surface area contributed by atoms with Crippen LogP contribution in [0.4, 0.5) is 5.69 Å². The molecule has 1 aromatic rings. The van der Waals surface area contributed by atoms with E-state index in [2.05, 4.69) is 26.1 Å². The van der Waals surface area contributed by atoms with Gasteiger partial charge in [0, 0.05) is 11.2 Å². The summed E-state index contributed by atoms with van der Waals surface area (Å²) >= 11 is 0. The number of nitrogens with one attached hydrogen (secondary N) is 1. The van der Waals surface area contributed by atoms with Gasteiger partial charge in [-0.2, -0.15) is 0 Å². The first-order valence-corrected chi connectivity index (χ1v) is 6.52. The summed E-state index contributed by atoms with van der Waals surface area (Å²) in [6, 6.07) is 5.77. The van der Waals surface area contributed by atoms with Gasteiger partial charge in [0.2, 0.25) is 0 Å². The molecule has 1 aliphatic rings. The summed E-state index contributed by atoms with van der Waals surface area (Å²) in [6.07, 6.45) is 1.06. The van der Waals surface area contributed by atoms with E-state index in [1.54, 1.807) is 0 Å². The molecule has 0 saturated heterocycles. The van der Waals surface area contributed by atoms with Gasteiger partial charge in [-0.15, -0.1) is 0 Å². The number of ether oxygens (including phenoxy) is 1. The van der Waals surface area contributed by atoms with Crippen molar-refractivity contribution in [1.29, 1.82) is 0 Å². The summed E-state index contributed by atoms with van der Waals surface area (Å²) in [4.78, 5) is 11.7. The van der Waals surface area contributed by atoms with Crippen molar-refractivity contribution in [1.82, 2.24) is 0 Å². The van der Waals surface area contributed by atoms with Gasteiger partial charge < -0.3 is 10.1 Å². The first-order chi connectivity index (χ1) is 8.43. The zero-order valence-electron chi connectivity index (χ0n) is 11.5. The minimum absolute atomic E-state index is 0.109. The number of esters is 1. The van der Waals surface area contributed by atoms with Gasteiger partial charge in [0.1, 0.15) is 0 Å². The highest BCUT2D eigenvalue weighted by Gasteiger charge is 2.29. The van der Waals surface area contributed by atoms with Crippen LogP contribution in [-0.4, -0.2) is 18.1 Å². The van der Waals surface area contributed by atoms with Gasteiger partial charge in [-0.05, 0) is 56.9 Å². The van der Waals surface area contributed by atoms with E-state index in [9.17, 15) is 4.79 Å². The third-order valence-corrected chi connectivity index (χ3v) is 3.38. The maximum Gasteiger partial charge on any atom is 0.338 e. The van der Waals surface area contributed by atoms with Gasteiger partial charge in [-0.25, -0.2) is 4.79 Å². The molecule has 0 aromatic heterocycles. The van der Waals surface area contributed by atoms with Crippen LogP contribution in [0.2, 0.25) is 0 Å². The molecule has 1 atom stereocenters.